The highest BCUT2D eigenvalue weighted by molar-refractivity contribution is 5.92. The highest BCUT2D eigenvalue weighted by atomic mass is 16.4. The molecule has 0 aliphatic heterocycles. The fourth-order valence-electron chi connectivity index (χ4n) is 2.32. The van der Waals surface area contributed by atoms with Crippen molar-refractivity contribution >= 4 is 5.97 Å². The first kappa shape index (κ1) is 15.2. The van der Waals surface area contributed by atoms with Crippen molar-refractivity contribution in [3.63, 3.8) is 0 Å². The molecular formula is C14H21N5O2. The molecule has 0 saturated heterocycles. The summed E-state index contributed by atoms with van der Waals surface area (Å²) in [6.45, 7) is 7.63. The Morgan fingerprint density at radius 2 is 2.05 bits per heavy atom. The zero-order valence-electron chi connectivity index (χ0n) is 12.7. The average Bonchev–Trinajstić information content (AvgIpc) is 3.10. The van der Waals surface area contributed by atoms with Crippen molar-refractivity contribution in [2.24, 2.45) is 5.92 Å². The average molecular weight is 291 g/mol. The van der Waals surface area contributed by atoms with Crippen molar-refractivity contribution in [2.75, 3.05) is 0 Å². The third kappa shape index (κ3) is 3.12. The van der Waals surface area contributed by atoms with Crippen LogP contribution in [0.3, 0.4) is 0 Å². The normalized spacial score (nSPS) is 11.2. The van der Waals surface area contributed by atoms with Gasteiger partial charge in [-0.05, 0) is 12.8 Å². The zero-order valence-corrected chi connectivity index (χ0v) is 12.7. The molecular weight excluding hydrogens is 270 g/mol. The number of hydrogen-bond donors (Lipinski definition) is 1. The monoisotopic (exact) mass is 291 g/mol. The Balaban J connectivity index is 2.44. The molecule has 7 nitrogen and oxygen atoms in total. The second-order valence-electron chi connectivity index (χ2n) is 5.04. The maximum Gasteiger partial charge on any atom is 0.358 e. The van der Waals surface area contributed by atoms with Gasteiger partial charge in [-0.25, -0.2) is 9.48 Å². The molecule has 0 radical (unpaired) electrons. The van der Waals surface area contributed by atoms with Crippen molar-refractivity contribution in [3.05, 3.63) is 18.1 Å². The number of carboxylic acid groups (broad SMARTS) is 1. The van der Waals surface area contributed by atoms with Gasteiger partial charge in [-0.1, -0.05) is 31.9 Å². The van der Waals surface area contributed by atoms with Gasteiger partial charge in [0.25, 0.3) is 0 Å². The Labute approximate surface area is 123 Å². The van der Waals surface area contributed by atoms with E-state index in [-0.39, 0.29) is 5.69 Å². The lowest BCUT2D eigenvalue weighted by Crippen LogP contribution is -2.12. The van der Waals surface area contributed by atoms with Crippen molar-refractivity contribution in [3.8, 4) is 11.3 Å². The van der Waals surface area contributed by atoms with Gasteiger partial charge in [-0.3, -0.25) is 4.68 Å². The summed E-state index contributed by atoms with van der Waals surface area (Å²) in [5.41, 5.74) is 1.26. The predicted octanol–water partition coefficient (Wildman–Crippen LogP) is 2.30. The van der Waals surface area contributed by atoms with E-state index >= 15 is 0 Å². The van der Waals surface area contributed by atoms with Gasteiger partial charge in [0.2, 0.25) is 0 Å². The first-order valence-electron chi connectivity index (χ1n) is 7.30. The summed E-state index contributed by atoms with van der Waals surface area (Å²) in [6, 6.07) is 0. The van der Waals surface area contributed by atoms with Gasteiger partial charge in [0.15, 0.2) is 5.69 Å². The summed E-state index contributed by atoms with van der Waals surface area (Å²) < 4.78 is 3.45. The topological polar surface area (TPSA) is 85.8 Å². The van der Waals surface area contributed by atoms with Crippen molar-refractivity contribution < 1.29 is 9.90 Å². The van der Waals surface area contributed by atoms with E-state index < -0.39 is 5.97 Å². The van der Waals surface area contributed by atoms with E-state index in [9.17, 15) is 9.90 Å². The summed E-state index contributed by atoms with van der Waals surface area (Å²) >= 11 is 0. The molecule has 1 N–H and O–H groups in total. The number of aryl methyl sites for hydroxylation is 1. The lowest BCUT2D eigenvalue weighted by molar-refractivity contribution is 0.0691. The summed E-state index contributed by atoms with van der Waals surface area (Å²) in [5, 5.41) is 21.4. The van der Waals surface area contributed by atoms with Crippen LogP contribution in [0.4, 0.5) is 0 Å². The number of rotatable bonds is 7. The Morgan fingerprint density at radius 1 is 1.33 bits per heavy atom. The predicted molar refractivity (Wildman–Crippen MR) is 77.9 cm³/mol. The first-order chi connectivity index (χ1) is 10.1. The van der Waals surface area contributed by atoms with Gasteiger partial charge in [-0.2, -0.15) is 5.10 Å². The van der Waals surface area contributed by atoms with Crippen LogP contribution in [-0.2, 0) is 13.1 Å². The number of carboxylic acids is 1. The van der Waals surface area contributed by atoms with Crippen molar-refractivity contribution in [2.45, 2.75) is 46.7 Å². The van der Waals surface area contributed by atoms with E-state index in [1.807, 2.05) is 13.1 Å². The standard InChI is InChI=1S/C14H21N5O2/c1-4-10(5-2)8-19-13(12(14(20)21)16-17-19)11-7-15-18(6-3)9-11/h7,9-10H,4-6,8H2,1-3H3,(H,20,21). The molecule has 0 saturated carbocycles. The van der Waals surface area contributed by atoms with E-state index in [1.54, 1.807) is 15.6 Å². The first-order valence-corrected chi connectivity index (χ1v) is 7.30. The molecule has 21 heavy (non-hydrogen) atoms. The maximum atomic E-state index is 11.4. The summed E-state index contributed by atoms with van der Waals surface area (Å²) in [4.78, 5) is 11.4. The second-order valence-corrected chi connectivity index (χ2v) is 5.04. The minimum atomic E-state index is -1.06. The molecule has 2 rings (SSSR count). The molecule has 0 aromatic carbocycles. The van der Waals surface area contributed by atoms with Crippen LogP contribution in [0, 0.1) is 5.92 Å². The molecule has 2 heterocycles. The maximum absolute atomic E-state index is 11.4. The number of aromatic nitrogens is 5. The number of carbonyl (C=O) groups is 1. The summed E-state index contributed by atoms with van der Waals surface area (Å²) in [7, 11) is 0. The summed E-state index contributed by atoms with van der Waals surface area (Å²) in [5.74, 6) is -0.613. The fourth-order valence-corrected chi connectivity index (χ4v) is 2.32. The molecule has 0 aliphatic rings. The van der Waals surface area contributed by atoms with Gasteiger partial charge in [-0.15, -0.1) is 5.10 Å². The van der Waals surface area contributed by atoms with E-state index in [1.165, 1.54) is 0 Å². The van der Waals surface area contributed by atoms with Crippen molar-refractivity contribution in [1.29, 1.82) is 0 Å². The number of hydrogen-bond acceptors (Lipinski definition) is 4. The van der Waals surface area contributed by atoms with Gasteiger partial charge < -0.3 is 5.11 Å². The van der Waals surface area contributed by atoms with Crippen molar-refractivity contribution in [1.82, 2.24) is 24.8 Å². The molecule has 0 bridgehead atoms. The number of nitrogens with zero attached hydrogens (tertiary/aromatic N) is 5. The SMILES string of the molecule is CCC(CC)Cn1nnc(C(=O)O)c1-c1cnn(CC)c1. The largest absolute Gasteiger partial charge is 0.476 e. The molecule has 0 aliphatic carbocycles. The molecule has 2 aromatic rings. The highest BCUT2D eigenvalue weighted by Crippen LogP contribution is 2.24. The lowest BCUT2D eigenvalue weighted by Gasteiger charge is -2.13. The van der Waals surface area contributed by atoms with E-state index in [2.05, 4.69) is 29.3 Å². The van der Waals surface area contributed by atoms with E-state index in [4.69, 9.17) is 0 Å². The molecule has 0 unspecified atom stereocenters. The second kappa shape index (κ2) is 6.51. The van der Waals surface area contributed by atoms with Crippen LogP contribution in [-0.4, -0.2) is 35.9 Å². The van der Waals surface area contributed by atoms with Crippen LogP contribution >= 0.6 is 0 Å². The van der Waals surface area contributed by atoms with Gasteiger partial charge in [0.1, 0.15) is 5.69 Å². The molecule has 0 amide bonds. The minimum Gasteiger partial charge on any atom is -0.476 e. The molecule has 2 aromatic heterocycles. The quantitative estimate of drug-likeness (QED) is 0.846. The van der Waals surface area contributed by atoms with Gasteiger partial charge in [0.05, 0.1) is 6.20 Å². The Morgan fingerprint density at radius 3 is 2.57 bits per heavy atom. The Bertz CT molecular complexity index is 613. The molecule has 0 spiro atoms. The highest BCUT2D eigenvalue weighted by Gasteiger charge is 2.22. The van der Waals surface area contributed by atoms with Crippen LogP contribution in [0.15, 0.2) is 12.4 Å². The van der Waals surface area contributed by atoms with Crippen LogP contribution < -0.4 is 0 Å². The third-order valence-electron chi connectivity index (χ3n) is 3.75. The van der Waals surface area contributed by atoms with Crippen LogP contribution in [0.5, 0.6) is 0 Å². The minimum absolute atomic E-state index is 0.0170. The van der Waals surface area contributed by atoms with E-state index in [0.717, 1.165) is 24.9 Å². The van der Waals surface area contributed by atoms with Gasteiger partial charge in [0, 0.05) is 24.8 Å². The van der Waals surface area contributed by atoms with E-state index in [0.29, 0.717) is 18.2 Å². The number of aromatic carboxylic acids is 1. The third-order valence-corrected chi connectivity index (χ3v) is 3.75. The van der Waals surface area contributed by atoms with Crippen LogP contribution in [0.1, 0.15) is 44.1 Å². The molecule has 0 fully saturated rings. The van der Waals surface area contributed by atoms with Crippen LogP contribution in [0.25, 0.3) is 11.3 Å². The molecule has 114 valence electrons. The van der Waals surface area contributed by atoms with Crippen LogP contribution in [0.2, 0.25) is 0 Å². The molecule has 0 atom stereocenters. The fraction of sp³-hybridized carbons (Fsp3) is 0.571. The molecule has 7 heteroatoms. The Kier molecular flexibility index (Phi) is 4.72. The van der Waals surface area contributed by atoms with Gasteiger partial charge >= 0.3 is 5.97 Å². The Hall–Kier alpha value is -2.18. The zero-order chi connectivity index (χ0) is 15.4. The lowest BCUT2D eigenvalue weighted by atomic mass is 10.0. The smallest absolute Gasteiger partial charge is 0.358 e. The summed E-state index contributed by atoms with van der Waals surface area (Å²) in [6.07, 6.45) is 5.53.